The van der Waals surface area contributed by atoms with Crippen LogP contribution in [0.15, 0.2) is 154 Å². The monoisotopic (exact) mass is 560 g/mol. The van der Waals surface area contributed by atoms with E-state index in [1.807, 2.05) is 0 Å². The lowest BCUT2D eigenvalue weighted by atomic mass is 9.88. The van der Waals surface area contributed by atoms with Gasteiger partial charge in [0, 0.05) is 43.3 Å². The molecule has 0 aliphatic rings. The smallest absolute Gasteiger partial charge is 0.143 e. The Morgan fingerprint density at radius 1 is 0.318 bits per heavy atom. The van der Waals surface area contributed by atoms with Crippen LogP contribution in [0.3, 0.4) is 0 Å². The van der Waals surface area contributed by atoms with Crippen molar-refractivity contribution in [3.63, 3.8) is 0 Å². The normalized spacial score (nSPS) is 12.1. The second-order valence-corrected chi connectivity index (χ2v) is 11.6. The van der Waals surface area contributed by atoms with Crippen LogP contribution >= 0.6 is 0 Å². The molecule has 0 spiro atoms. The predicted octanol–water partition coefficient (Wildman–Crippen LogP) is 12.3. The molecule has 2 aromatic heterocycles. The average molecular weight is 561 g/mol. The molecule has 10 rings (SSSR count). The van der Waals surface area contributed by atoms with Crippen molar-refractivity contribution in [2.45, 2.75) is 0 Å². The van der Waals surface area contributed by atoms with Crippen molar-refractivity contribution in [1.29, 1.82) is 0 Å². The molecule has 2 nitrogen and oxygen atoms in total. The summed E-state index contributed by atoms with van der Waals surface area (Å²) in [6, 6.07) is 51.6. The van der Waals surface area contributed by atoms with Crippen molar-refractivity contribution in [3.8, 4) is 22.3 Å². The molecule has 0 aliphatic carbocycles. The topological polar surface area (TPSA) is 26.3 Å². The third-order valence-corrected chi connectivity index (χ3v) is 9.21. The van der Waals surface area contributed by atoms with Gasteiger partial charge in [-0.3, -0.25) is 0 Å². The van der Waals surface area contributed by atoms with E-state index in [4.69, 9.17) is 8.83 Å². The molecule has 0 radical (unpaired) electrons. The van der Waals surface area contributed by atoms with E-state index < -0.39 is 0 Å². The van der Waals surface area contributed by atoms with Gasteiger partial charge in [-0.05, 0) is 63.2 Å². The molecule has 2 heterocycles. The Labute approximate surface area is 252 Å². The molecule has 2 heteroatoms. The minimum absolute atomic E-state index is 0.882. The summed E-state index contributed by atoms with van der Waals surface area (Å²) >= 11 is 0. The number of hydrogen-bond donors (Lipinski definition) is 0. The summed E-state index contributed by atoms with van der Waals surface area (Å²) in [6.07, 6.45) is 0. The van der Waals surface area contributed by atoms with E-state index in [0.29, 0.717) is 0 Å². The first kappa shape index (κ1) is 23.7. The largest absolute Gasteiger partial charge is 0.455 e. The fourth-order valence-corrected chi connectivity index (χ4v) is 7.32. The van der Waals surface area contributed by atoms with Gasteiger partial charge in [-0.25, -0.2) is 0 Å². The fraction of sp³-hybridized carbons (Fsp3) is 0. The molecule has 0 atom stereocenters. The van der Waals surface area contributed by atoms with Crippen molar-refractivity contribution in [3.05, 3.63) is 146 Å². The Morgan fingerprint density at radius 2 is 0.909 bits per heavy atom. The van der Waals surface area contributed by atoms with Crippen LogP contribution < -0.4 is 0 Å². The zero-order valence-corrected chi connectivity index (χ0v) is 23.7. The van der Waals surface area contributed by atoms with Gasteiger partial charge in [0.15, 0.2) is 0 Å². The van der Waals surface area contributed by atoms with Gasteiger partial charge in [-0.15, -0.1) is 0 Å². The molecule has 44 heavy (non-hydrogen) atoms. The molecular formula is C42H24O2. The zero-order chi connectivity index (χ0) is 28.8. The Morgan fingerprint density at radius 3 is 1.64 bits per heavy atom. The molecule has 8 aromatic carbocycles. The summed E-state index contributed by atoms with van der Waals surface area (Å²) in [5.41, 5.74) is 8.12. The summed E-state index contributed by atoms with van der Waals surface area (Å²) in [4.78, 5) is 0. The maximum absolute atomic E-state index is 6.95. The highest BCUT2D eigenvalue weighted by Gasteiger charge is 2.22. The van der Waals surface area contributed by atoms with Gasteiger partial charge in [0.1, 0.15) is 22.3 Å². The van der Waals surface area contributed by atoms with Crippen LogP contribution in [0.4, 0.5) is 0 Å². The first-order valence-electron chi connectivity index (χ1n) is 15.0. The Balaban J connectivity index is 1.48. The quantitative estimate of drug-likeness (QED) is 0.155. The molecule has 0 amide bonds. The molecule has 0 N–H and O–H groups in total. The molecule has 10 aromatic rings. The van der Waals surface area contributed by atoms with Crippen LogP contribution in [-0.2, 0) is 0 Å². The third-order valence-electron chi connectivity index (χ3n) is 9.21. The van der Waals surface area contributed by atoms with Gasteiger partial charge < -0.3 is 8.83 Å². The second-order valence-electron chi connectivity index (χ2n) is 11.6. The minimum atomic E-state index is 0.882. The number of benzene rings is 8. The first-order chi connectivity index (χ1) is 21.8. The molecule has 0 fully saturated rings. The highest BCUT2D eigenvalue weighted by Crippen LogP contribution is 2.48. The van der Waals surface area contributed by atoms with Crippen LogP contribution in [0, 0.1) is 0 Å². The zero-order valence-electron chi connectivity index (χ0n) is 23.7. The molecule has 0 saturated heterocycles. The highest BCUT2D eigenvalue weighted by molar-refractivity contribution is 6.40. The van der Waals surface area contributed by atoms with Crippen LogP contribution in [0.1, 0.15) is 0 Å². The molecule has 0 aliphatic heterocycles. The van der Waals surface area contributed by atoms with Crippen molar-refractivity contribution in [1.82, 2.24) is 0 Å². The van der Waals surface area contributed by atoms with Gasteiger partial charge in [0.05, 0.1) is 0 Å². The van der Waals surface area contributed by atoms with Gasteiger partial charge >= 0.3 is 0 Å². The fourth-order valence-electron chi connectivity index (χ4n) is 7.32. The van der Waals surface area contributed by atoms with Gasteiger partial charge in [0.2, 0.25) is 0 Å². The van der Waals surface area contributed by atoms with Gasteiger partial charge in [-0.2, -0.15) is 0 Å². The second kappa shape index (κ2) is 8.82. The predicted molar refractivity (Wildman–Crippen MR) is 184 cm³/mol. The lowest BCUT2D eigenvalue weighted by Gasteiger charge is -2.19. The van der Waals surface area contributed by atoms with Gasteiger partial charge in [0.25, 0.3) is 0 Å². The summed E-state index contributed by atoms with van der Waals surface area (Å²) < 4.78 is 13.8. The van der Waals surface area contributed by atoms with Crippen molar-refractivity contribution in [2.24, 2.45) is 0 Å². The summed E-state index contributed by atoms with van der Waals surface area (Å²) in [6.45, 7) is 0. The van der Waals surface area contributed by atoms with Crippen LogP contribution in [-0.4, -0.2) is 0 Å². The lowest BCUT2D eigenvalue weighted by Crippen LogP contribution is -1.92. The summed E-state index contributed by atoms with van der Waals surface area (Å²) in [5.74, 6) is 0. The van der Waals surface area contributed by atoms with Gasteiger partial charge in [-0.1, -0.05) is 115 Å². The van der Waals surface area contributed by atoms with Crippen LogP contribution in [0.25, 0.3) is 98.4 Å². The van der Waals surface area contributed by atoms with E-state index in [2.05, 4.69) is 146 Å². The molecule has 0 saturated carbocycles. The van der Waals surface area contributed by atoms with E-state index in [0.717, 1.165) is 66.0 Å². The standard InChI is InChI=1S/C42H24O2/c1-3-11-25(12-4-1)28-23-33(26-13-5-2-6-14-26)42-34(24-28)38-31-18-10-19-35-39(31)37(30-17-9-20-36(44-42)40(30)38)32-22-21-27-15-7-8-16-29(27)41(32)43-35/h1-24H. The third kappa shape index (κ3) is 3.20. The highest BCUT2D eigenvalue weighted by atomic mass is 16.3. The SMILES string of the molecule is c1ccc(-c2cc(-c3ccccc3)c3oc4cccc5c4c(c3c2)c2cccc3oc4c6ccccc6ccc4c5c32)cc1. The molecular weight excluding hydrogens is 536 g/mol. The van der Waals surface area contributed by atoms with Crippen molar-refractivity contribution >= 4 is 76.2 Å². The van der Waals surface area contributed by atoms with E-state index in [1.165, 1.54) is 32.5 Å². The average Bonchev–Trinajstić information content (AvgIpc) is 3.09. The maximum Gasteiger partial charge on any atom is 0.143 e. The summed E-state index contributed by atoms with van der Waals surface area (Å²) in [5, 5.41) is 11.5. The molecule has 204 valence electrons. The first-order valence-corrected chi connectivity index (χ1v) is 15.0. The van der Waals surface area contributed by atoms with Crippen molar-refractivity contribution < 1.29 is 8.83 Å². The number of hydrogen-bond acceptors (Lipinski definition) is 2. The maximum atomic E-state index is 6.95. The lowest BCUT2D eigenvalue weighted by molar-refractivity contribution is 0.663. The van der Waals surface area contributed by atoms with E-state index in [1.54, 1.807) is 0 Å². The number of rotatable bonds is 2. The Bertz CT molecular complexity index is 2750. The van der Waals surface area contributed by atoms with E-state index >= 15 is 0 Å². The summed E-state index contributed by atoms with van der Waals surface area (Å²) in [7, 11) is 0. The van der Waals surface area contributed by atoms with E-state index in [-0.39, 0.29) is 0 Å². The minimum Gasteiger partial charge on any atom is -0.455 e. The Hall–Kier alpha value is -5.86. The molecule has 0 bridgehead atoms. The van der Waals surface area contributed by atoms with Crippen LogP contribution in [0.2, 0.25) is 0 Å². The Kier molecular flexibility index (Phi) is 4.75. The number of fused-ring (bicyclic) bond motifs is 8. The van der Waals surface area contributed by atoms with Crippen LogP contribution in [0.5, 0.6) is 0 Å². The molecule has 0 unspecified atom stereocenters. The van der Waals surface area contributed by atoms with Crippen molar-refractivity contribution in [2.75, 3.05) is 0 Å². The van der Waals surface area contributed by atoms with E-state index in [9.17, 15) is 0 Å².